The molecule has 0 fully saturated rings. The fourth-order valence-corrected chi connectivity index (χ4v) is 4.30. The Morgan fingerprint density at radius 2 is 1.81 bits per heavy atom. The topological polar surface area (TPSA) is 109 Å². The van der Waals surface area contributed by atoms with Gasteiger partial charge in [-0.1, -0.05) is 24.3 Å². The SMILES string of the molecule is CNC(=O)c1cc(F)cc(-c2ccc(OC(C)C)c(C(=O)NC(CN)Cc3c[nH]c4ccccc34)c2)c1. The van der Waals surface area contributed by atoms with Crippen molar-refractivity contribution in [2.45, 2.75) is 32.4 Å². The van der Waals surface area contributed by atoms with E-state index in [-0.39, 0.29) is 30.2 Å². The molecule has 0 aliphatic heterocycles. The number of nitrogens with one attached hydrogen (secondary N) is 3. The Kier molecular flexibility index (Phi) is 7.89. The lowest BCUT2D eigenvalue weighted by molar-refractivity contribution is 0.0930. The smallest absolute Gasteiger partial charge is 0.255 e. The Hall–Kier alpha value is -4.17. The average Bonchev–Trinajstić information content (AvgIpc) is 3.29. The summed E-state index contributed by atoms with van der Waals surface area (Å²) in [5.74, 6) is -0.897. The molecule has 192 valence electrons. The number of ether oxygens (including phenoxy) is 1. The molecule has 0 saturated heterocycles. The van der Waals surface area contributed by atoms with Gasteiger partial charge >= 0.3 is 0 Å². The van der Waals surface area contributed by atoms with Crippen LogP contribution in [0.2, 0.25) is 0 Å². The minimum Gasteiger partial charge on any atom is -0.490 e. The standard InChI is InChI=1S/C29H31FN4O3/c1-17(2)37-27-9-8-18(19-10-20(28(35)32-3)12-22(30)11-19)14-25(27)29(36)34-23(15-31)13-21-16-33-26-7-5-4-6-24(21)26/h4-12,14,16-17,23,33H,13,15,31H2,1-3H3,(H,32,35)(H,34,36). The Balaban J connectivity index is 1.65. The Morgan fingerprint density at radius 3 is 2.54 bits per heavy atom. The minimum absolute atomic E-state index is 0.164. The highest BCUT2D eigenvalue weighted by molar-refractivity contribution is 5.99. The van der Waals surface area contributed by atoms with Crippen LogP contribution in [0.15, 0.2) is 66.9 Å². The van der Waals surface area contributed by atoms with Gasteiger partial charge < -0.3 is 26.1 Å². The number of carbonyl (C=O) groups excluding carboxylic acids is 2. The van der Waals surface area contributed by atoms with Gasteiger partial charge in [-0.15, -0.1) is 0 Å². The summed E-state index contributed by atoms with van der Waals surface area (Å²) in [5, 5.41) is 6.62. The Bertz CT molecular complexity index is 1430. The normalized spacial score (nSPS) is 11.9. The second kappa shape index (κ2) is 11.3. The predicted molar refractivity (Wildman–Crippen MR) is 143 cm³/mol. The molecule has 1 atom stereocenters. The van der Waals surface area contributed by atoms with E-state index < -0.39 is 11.7 Å². The van der Waals surface area contributed by atoms with Gasteiger partial charge in [-0.2, -0.15) is 0 Å². The van der Waals surface area contributed by atoms with E-state index in [1.54, 1.807) is 24.3 Å². The number of rotatable bonds is 9. The highest BCUT2D eigenvalue weighted by Gasteiger charge is 2.20. The van der Waals surface area contributed by atoms with Crippen LogP contribution in [0, 0.1) is 5.82 Å². The van der Waals surface area contributed by atoms with E-state index in [2.05, 4.69) is 15.6 Å². The van der Waals surface area contributed by atoms with Gasteiger partial charge in [0.1, 0.15) is 11.6 Å². The molecule has 0 bridgehead atoms. The van der Waals surface area contributed by atoms with Crippen LogP contribution in [0.25, 0.3) is 22.0 Å². The maximum absolute atomic E-state index is 14.3. The number of H-pyrrole nitrogens is 1. The third-order valence-corrected chi connectivity index (χ3v) is 6.07. The average molecular weight is 503 g/mol. The highest BCUT2D eigenvalue weighted by atomic mass is 19.1. The van der Waals surface area contributed by atoms with Gasteiger partial charge in [-0.3, -0.25) is 9.59 Å². The van der Waals surface area contributed by atoms with Crippen LogP contribution < -0.4 is 21.1 Å². The zero-order valence-electron chi connectivity index (χ0n) is 21.1. The quantitative estimate of drug-likeness (QED) is 0.272. The lowest BCUT2D eigenvalue weighted by Gasteiger charge is -2.20. The summed E-state index contributed by atoms with van der Waals surface area (Å²) in [6.07, 6.45) is 2.32. The number of hydrogen-bond acceptors (Lipinski definition) is 4. The van der Waals surface area contributed by atoms with Gasteiger partial charge in [0, 0.05) is 42.3 Å². The predicted octanol–water partition coefficient (Wildman–Crippen LogP) is 4.42. The molecule has 4 aromatic rings. The summed E-state index contributed by atoms with van der Waals surface area (Å²) in [5.41, 5.74) is 9.65. The lowest BCUT2D eigenvalue weighted by Crippen LogP contribution is -2.41. The molecule has 5 N–H and O–H groups in total. The van der Waals surface area contributed by atoms with Crippen LogP contribution >= 0.6 is 0 Å². The van der Waals surface area contributed by atoms with Gasteiger partial charge in [0.2, 0.25) is 0 Å². The molecule has 0 aliphatic rings. The maximum Gasteiger partial charge on any atom is 0.255 e. The van der Waals surface area contributed by atoms with E-state index in [4.69, 9.17) is 10.5 Å². The molecule has 2 amide bonds. The summed E-state index contributed by atoms with van der Waals surface area (Å²) in [4.78, 5) is 28.8. The van der Waals surface area contributed by atoms with Gasteiger partial charge in [-0.25, -0.2) is 4.39 Å². The molecular weight excluding hydrogens is 471 g/mol. The van der Waals surface area contributed by atoms with Crippen LogP contribution in [0.3, 0.4) is 0 Å². The van der Waals surface area contributed by atoms with E-state index in [0.29, 0.717) is 28.9 Å². The minimum atomic E-state index is -0.550. The Labute approximate surface area is 215 Å². The Morgan fingerprint density at radius 1 is 1.03 bits per heavy atom. The van der Waals surface area contributed by atoms with Crippen molar-refractivity contribution < 1.29 is 18.7 Å². The monoisotopic (exact) mass is 502 g/mol. The van der Waals surface area contributed by atoms with Crippen LogP contribution in [-0.2, 0) is 6.42 Å². The van der Waals surface area contributed by atoms with Gasteiger partial charge in [0.15, 0.2) is 0 Å². The zero-order valence-corrected chi connectivity index (χ0v) is 21.1. The van der Waals surface area contributed by atoms with Gasteiger partial charge in [-0.05, 0) is 73.4 Å². The van der Waals surface area contributed by atoms with Crippen molar-refractivity contribution in [2.75, 3.05) is 13.6 Å². The summed E-state index contributed by atoms with van der Waals surface area (Å²) < 4.78 is 20.2. The molecule has 0 radical (unpaired) electrons. The van der Waals surface area contributed by atoms with Gasteiger partial charge in [0.05, 0.1) is 11.7 Å². The number of para-hydroxylation sites is 1. The first-order valence-corrected chi connectivity index (χ1v) is 12.2. The lowest BCUT2D eigenvalue weighted by atomic mass is 9.99. The summed E-state index contributed by atoms with van der Waals surface area (Å²) in [7, 11) is 1.48. The number of carbonyl (C=O) groups is 2. The second-order valence-corrected chi connectivity index (χ2v) is 9.15. The molecule has 3 aromatic carbocycles. The second-order valence-electron chi connectivity index (χ2n) is 9.15. The van der Waals surface area contributed by atoms with E-state index in [9.17, 15) is 14.0 Å². The molecule has 4 rings (SSSR count). The molecule has 0 aliphatic carbocycles. The van der Waals surface area contributed by atoms with Crippen molar-refractivity contribution in [3.05, 3.63) is 89.4 Å². The molecule has 1 aromatic heterocycles. The van der Waals surface area contributed by atoms with E-state index >= 15 is 0 Å². The molecular formula is C29H31FN4O3. The number of aromatic amines is 1. The number of fused-ring (bicyclic) bond motifs is 1. The van der Waals surface area contributed by atoms with Crippen molar-refractivity contribution in [1.29, 1.82) is 0 Å². The first kappa shape index (κ1) is 25.9. The van der Waals surface area contributed by atoms with Gasteiger partial charge in [0.25, 0.3) is 11.8 Å². The van der Waals surface area contributed by atoms with E-state index in [0.717, 1.165) is 16.5 Å². The largest absolute Gasteiger partial charge is 0.490 e. The van der Waals surface area contributed by atoms with Crippen molar-refractivity contribution in [3.63, 3.8) is 0 Å². The molecule has 37 heavy (non-hydrogen) atoms. The van der Waals surface area contributed by atoms with Crippen molar-refractivity contribution in [1.82, 2.24) is 15.6 Å². The van der Waals surface area contributed by atoms with E-state index in [1.807, 2.05) is 44.3 Å². The third-order valence-electron chi connectivity index (χ3n) is 6.07. The van der Waals surface area contributed by atoms with E-state index in [1.165, 1.54) is 19.2 Å². The number of nitrogens with two attached hydrogens (primary N) is 1. The molecule has 0 saturated carbocycles. The number of amides is 2. The molecule has 7 nitrogen and oxygen atoms in total. The maximum atomic E-state index is 14.3. The number of benzene rings is 3. The summed E-state index contributed by atoms with van der Waals surface area (Å²) in [6.45, 7) is 3.99. The van der Waals surface area contributed by atoms with Crippen molar-refractivity contribution >= 4 is 22.7 Å². The summed E-state index contributed by atoms with van der Waals surface area (Å²) in [6, 6.07) is 16.8. The van der Waals surface area contributed by atoms with Crippen molar-refractivity contribution in [3.8, 4) is 16.9 Å². The summed E-state index contributed by atoms with van der Waals surface area (Å²) >= 11 is 0. The third kappa shape index (κ3) is 5.98. The number of aromatic nitrogens is 1. The van der Waals surface area contributed by atoms with Crippen LogP contribution in [0.1, 0.15) is 40.1 Å². The number of hydrogen-bond donors (Lipinski definition) is 4. The first-order chi connectivity index (χ1) is 17.8. The zero-order chi connectivity index (χ0) is 26.5. The molecule has 8 heteroatoms. The molecule has 1 heterocycles. The molecule has 0 spiro atoms. The highest BCUT2D eigenvalue weighted by Crippen LogP contribution is 2.29. The van der Waals surface area contributed by atoms with Crippen LogP contribution in [-0.4, -0.2) is 42.5 Å². The number of halogens is 1. The molecule has 1 unspecified atom stereocenters. The first-order valence-electron chi connectivity index (χ1n) is 12.2. The van der Waals surface area contributed by atoms with Crippen molar-refractivity contribution in [2.24, 2.45) is 5.73 Å². The van der Waals surface area contributed by atoms with Crippen LogP contribution in [0.4, 0.5) is 4.39 Å². The van der Waals surface area contributed by atoms with Crippen LogP contribution in [0.5, 0.6) is 5.75 Å². The fraction of sp³-hybridized carbons (Fsp3) is 0.241. The fourth-order valence-electron chi connectivity index (χ4n) is 4.30.